The molecule has 0 saturated heterocycles. The van der Waals surface area contributed by atoms with Gasteiger partial charge < -0.3 is 9.47 Å². The summed E-state index contributed by atoms with van der Waals surface area (Å²) in [6, 6.07) is 9.43. The van der Waals surface area contributed by atoms with E-state index in [1.807, 2.05) is 12.1 Å². The highest BCUT2D eigenvalue weighted by Crippen LogP contribution is 2.42. The highest BCUT2D eigenvalue weighted by atomic mass is 35.5. The lowest BCUT2D eigenvalue weighted by atomic mass is 10.0. The van der Waals surface area contributed by atoms with Gasteiger partial charge in [-0.2, -0.15) is 5.10 Å². The molecule has 2 heterocycles. The van der Waals surface area contributed by atoms with Gasteiger partial charge in [0.25, 0.3) is 0 Å². The van der Waals surface area contributed by atoms with Crippen molar-refractivity contribution in [3.8, 4) is 17.4 Å². The first kappa shape index (κ1) is 13.2. The maximum absolute atomic E-state index is 5.95. The number of ether oxygens (including phenoxy) is 2. The first-order valence-corrected chi connectivity index (χ1v) is 6.98. The Kier molecular flexibility index (Phi) is 3.26. The van der Waals surface area contributed by atoms with Gasteiger partial charge in [0.05, 0.1) is 11.6 Å². The van der Waals surface area contributed by atoms with Gasteiger partial charge in [0.1, 0.15) is 5.60 Å². The molecule has 0 unspecified atom stereocenters. The highest BCUT2D eigenvalue weighted by Gasteiger charge is 2.32. The third kappa shape index (κ3) is 2.56. The van der Waals surface area contributed by atoms with Gasteiger partial charge in [-0.15, -0.1) is 16.7 Å². The molecule has 0 radical (unpaired) electrons. The summed E-state index contributed by atoms with van der Waals surface area (Å²) in [7, 11) is 0. The fraction of sp³-hybridized carbons (Fsp3) is 0.333. The largest absolute Gasteiger partial charge is 0.483 e. The van der Waals surface area contributed by atoms with Crippen molar-refractivity contribution in [3.63, 3.8) is 0 Å². The standard InChI is InChI=1S/C15H15ClN2O2/c1-15(2)8-10-4-3-5-12(14(10)20-15)19-13-7-6-11(9-16)17-18-13/h3-7H,8-9H2,1-2H3. The lowest BCUT2D eigenvalue weighted by Crippen LogP contribution is -2.24. The number of fused-ring (bicyclic) bond motifs is 1. The van der Waals surface area contributed by atoms with Crippen molar-refractivity contribution in [1.29, 1.82) is 0 Å². The van der Waals surface area contributed by atoms with E-state index in [9.17, 15) is 0 Å². The van der Waals surface area contributed by atoms with Crippen LogP contribution in [-0.4, -0.2) is 15.8 Å². The SMILES string of the molecule is CC1(C)Cc2cccc(Oc3ccc(CCl)nn3)c2O1. The number of rotatable bonds is 3. The molecule has 0 saturated carbocycles. The van der Waals surface area contributed by atoms with E-state index in [-0.39, 0.29) is 5.60 Å². The monoisotopic (exact) mass is 290 g/mol. The summed E-state index contributed by atoms with van der Waals surface area (Å²) < 4.78 is 11.7. The normalized spacial score (nSPS) is 15.6. The number of para-hydroxylation sites is 1. The van der Waals surface area contributed by atoms with Crippen molar-refractivity contribution in [1.82, 2.24) is 10.2 Å². The van der Waals surface area contributed by atoms with Crippen LogP contribution >= 0.6 is 11.6 Å². The second-order valence-corrected chi connectivity index (χ2v) is 5.65. The molecule has 20 heavy (non-hydrogen) atoms. The molecule has 104 valence electrons. The van der Waals surface area contributed by atoms with E-state index < -0.39 is 0 Å². The van der Waals surface area contributed by atoms with Crippen molar-refractivity contribution < 1.29 is 9.47 Å². The molecule has 0 amide bonds. The molecule has 4 nitrogen and oxygen atoms in total. The minimum Gasteiger partial charge on any atom is -0.483 e. The highest BCUT2D eigenvalue weighted by molar-refractivity contribution is 6.16. The van der Waals surface area contributed by atoms with E-state index in [1.165, 1.54) is 0 Å². The van der Waals surface area contributed by atoms with Crippen molar-refractivity contribution in [3.05, 3.63) is 41.6 Å². The molecule has 1 aromatic carbocycles. The summed E-state index contributed by atoms with van der Waals surface area (Å²) in [5.74, 6) is 2.23. The molecule has 1 aliphatic rings. The van der Waals surface area contributed by atoms with Crippen molar-refractivity contribution in [2.75, 3.05) is 0 Å². The Balaban J connectivity index is 1.87. The number of alkyl halides is 1. The molecule has 0 spiro atoms. The number of hydrogen-bond donors (Lipinski definition) is 0. The Hall–Kier alpha value is -1.81. The fourth-order valence-electron chi connectivity index (χ4n) is 2.25. The second kappa shape index (κ2) is 4.94. The molecule has 1 aromatic heterocycles. The van der Waals surface area contributed by atoms with E-state index in [4.69, 9.17) is 21.1 Å². The number of benzene rings is 1. The summed E-state index contributed by atoms with van der Waals surface area (Å²) in [6.45, 7) is 4.12. The number of aromatic nitrogens is 2. The minimum atomic E-state index is -0.198. The Bertz CT molecular complexity index is 626. The Labute approximate surface area is 122 Å². The van der Waals surface area contributed by atoms with Gasteiger partial charge in [-0.25, -0.2) is 0 Å². The fourth-order valence-corrected chi connectivity index (χ4v) is 2.40. The molecule has 1 aliphatic heterocycles. The van der Waals surface area contributed by atoms with Gasteiger partial charge in [0, 0.05) is 18.1 Å². The van der Waals surface area contributed by atoms with E-state index in [0.29, 0.717) is 17.5 Å². The molecule has 3 rings (SSSR count). The first-order valence-electron chi connectivity index (χ1n) is 6.45. The van der Waals surface area contributed by atoms with Crippen LogP contribution in [0.5, 0.6) is 17.4 Å². The van der Waals surface area contributed by atoms with Gasteiger partial charge in [0.2, 0.25) is 5.88 Å². The van der Waals surface area contributed by atoms with Crippen LogP contribution in [0, 0.1) is 0 Å². The van der Waals surface area contributed by atoms with E-state index >= 15 is 0 Å². The molecular weight excluding hydrogens is 276 g/mol. The van der Waals surface area contributed by atoms with E-state index in [2.05, 4.69) is 30.1 Å². The third-order valence-electron chi connectivity index (χ3n) is 3.10. The molecule has 0 N–H and O–H groups in total. The summed E-state index contributed by atoms with van der Waals surface area (Å²) in [5.41, 5.74) is 1.67. The van der Waals surface area contributed by atoms with E-state index in [1.54, 1.807) is 12.1 Å². The van der Waals surface area contributed by atoms with Crippen molar-refractivity contribution >= 4 is 11.6 Å². The predicted octanol–water partition coefficient (Wildman–Crippen LogP) is 3.72. The topological polar surface area (TPSA) is 44.2 Å². The van der Waals surface area contributed by atoms with Gasteiger partial charge in [-0.05, 0) is 26.0 Å². The lowest BCUT2D eigenvalue weighted by Gasteiger charge is -2.18. The summed E-state index contributed by atoms with van der Waals surface area (Å²) in [6.07, 6.45) is 0.871. The van der Waals surface area contributed by atoms with Crippen LogP contribution in [0.3, 0.4) is 0 Å². The zero-order chi connectivity index (χ0) is 14.2. The Morgan fingerprint density at radius 1 is 1.25 bits per heavy atom. The predicted molar refractivity (Wildman–Crippen MR) is 76.5 cm³/mol. The number of halogens is 1. The van der Waals surface area contributed by atoms with Crippen LogP contribution < -0.4 is 9.47 Å². The minimum absolute atomic E-state index is 0.198. The summed E-state index contributed by atoms with van der Waals surface area (Å²) >= 11 is 5.68. The van der Waals surface area contributed by atoms with Gasteiger partial charge in [-0.3, -0.25) is 0 Å². The van der Waals surface area contributed by atoms with Crippen LogP contribution in [0.15, 0.2) is 30.3 Å². The van der Waals surface area contributed by atoms with Crippen molar-refractivity contribution in [2.45, 2.75) is 31.7 Å². The van der Waals surface area contributed by atoms with Crippen LogP contribution in [-0.2, 0) is 12.3 Å². The Morgan fingerprint density at radius 3 is 2.80 bits per heavy atom. The lowest BCUT2D eigenvalue weighted by molar-refractivity contribution is 0.135. The van der Waals surface area contributed by atoms with Crippen LogP contribution in [0.1, 0.15) is 25.1 Å². The maximum atomic E-state index is 5.95. The second-order valence-electron chi connectivity index (χ2n) is 5.38. The Morgan fingerprint density at radius 2 is 2.10 bits per heavy atom. The summed E-state index contributed by atoms with van der Waals surface area (Å²) in [5, 5.41) is 7.96. The smallest absolute Gasteiger partial charge is 0.239 e. The van der Waals surface area contributed by atoms with Gasteiger partial charge in [-0.1, -0.05) is 12.1 Å². The zero-order valence-corrected chi connectivity index (χ0v) is 12.1. The quantitative estimate of drug-likeness (QED) is 0.808. The van der Waals surface area contributed by atoms with Crippen LogP contribution in [0.25, 0.3) is 0 Å². The number of nitrogens with zero attached hydrogens (tertiary/aromatic N) is 2. The van der Waals surface area contributed by atoms with Crippen LogP contribution in [0.4, 0.5) is 0 Å². The van der Waals surface area contributed by atoms with Crippen molar-refractivity contribution in [2.24, 2.45) is 0 Å². The number of hydrogen-bond acceptors (Lipinski definition) is 4. The molecular formula is C15H15ClN2O2. The molecule has 0 fully saturated rings. The summed E-state index contributed by atoms with van der Waals surface area (Å²) in [4.78, 5) is 0. The molecule has 0 bridgehead atoms. The molecule has 0 aliphatic carbocycles. The average Bonchev–Trinajstić information content (AvgIpc) is 2.75. The molecule has 5 heteroatoms. The van der Waals surface area contributed by atoms with Crippen LogP contribution in [0.2, 0.25) is 0 Å². The third-order valence-corrected chi connectivity index (χ3v) is 3.38. The first-order chi connectivity index (χ1) is 9.57. The van der Waals surface area contributed by atoms with E-state index in [0.717, 1.165) is 23.4 Å². The zero-order valence-electron chi connectivity index (χ0n) is 11.4. The van der Waals surface area contributed by atoms with Gasteiger partial charge >= 0.3 is 0 Å². The maximum Gasteiger partial charge on any atom is 0.239 e. The molecule has 0 atom stereocenters. The molecule has 2 aromatic rings. The van der Waals surface area contributed by atoms with Gasteiger partial charge in [0.15, 0.2) is 11.5 Å². The average molecular weight is 291 g/mol.